The highest BCUT2D eigenvalue weighted by Crippen LogP contribution is 2.26. The Morgan fingerprint density at radius 3 is 2.58 bits per heavy atom. The average Bonchev–Trinajstić information content (AvgIpc) is 2.73. The molecule has 19 heavy (non-hydrogen) atoms. The molecule has 2 atom stereocenters. The topological polar surface area (TPSA) is 63.6 Å². The summed E-state index contributed by atoms with van der Waals surface area (Å²) in [5.41, 5.74) is 0. The number of halogens is 1. The molecule has 6 heteroatoms. The van der Waals surface area contributed by atoms with E-state index in [1.165, 1.54) is 24.3 Å². The highest BCUT2D eigenvalue weighted by Gasteiger charge is 2.33. The molecular formula is C13H17FO4S. The van der Waals surface area contributed by atoms with Crippen molar-refractivity contribution in [3.05, 3.63) is 30.1 Å². The Kier molecular flexibility index (Phi) is 4.42. The van der Waals surface area contributed by atoms with E-state index in [1.54, 1.807) is 0 Å². The maximum Gasteiger partial charge on any atom is 0.150 e. The average molecular weight is 288 g/mol. The van der Waals surface area contributed by atoms with Crippen LogP contribution in [0, 0.1) is 17.7 Å². The van der Waals surface area contributed by atoms with Gasteiger partial charge < -0.3 is 9.84 Å². The van der Waals surface area contributed by atoms with Crippen LogP contribution in [0.4, 0.5) is 4.39 Å². The van der Waals surface area contributed by atoms with Crippen molar-refractivity contribution in [3.63, 3.8) is 0 Å². The Morgan fingerprint density at radius 1 is 1.37 bits per heavy atom. The van der Waals surface area contributed by atoms with E-state index < -0.39 is 9.84 Å². The van der Waals surface area contributed by atoms with Gasteiger partial charge in [-0.25, -0.2) is 12.8 Å². The van der Waals surface area contributed by atoms with Crippen LogP contribution in [-0.4, -0.2) is 38.2 Å². The van der Waals surface area contributed by atoms with Crippen LogP contribution in [-0.2, 0) is 9.84 Å². The summed E-state index contributed by atoms with van der Waals surface area (Å²) in [6.07, 6.45) is 0.570. The Morgan fingerprint density at radius 2 is 2.05 bits per heavy atom. The highest BCUT2D eigenvalue weighted by molar-refractivity contribution is 7.91. The zero-order chi connectivity index (χ0) is 13.9. The standard InChI is InChI=1S/C13H17FO4S/c14-12-1-3-13(4-2-12)18-8-11(7-15)10-5-6-19(16,17)9-10/h1-4,10-11,15H,5-9H2. The van der Waals surface area contributed by atoms with Gasteiger partial charge in [0, 0.05) is 12.5 Å². The summed E-state index contributed by atoms with van der Waals surface area (Å²) in [6.45, 7) is 0.129. The first-order chi connectivity index (χ1) is 9.00. The lowest BCUT2D eigenvalue weighted by Crippen LogP contribution is -2.26. The van der Waals surface area contributed by atoms with Gasteiger partial charge in [0.15, 0.2) is 9.84 Å². The van der Waals surface area contributed by atoms with Crippen LogP contribution in [0.1, 0.15) is 6.42 Å². The fourth-order valence-electron chi connectivity index (χ4n) is 2.27. The molecule has 0 radical (unpaired) electrons. The predicted octanol–water partition coefficient (Wildman–Crippen LogP) is 1.25. The third-order valence-electron chi connectivity index (χ3n) is 3.45. The van der Waals surface area contributed by atoms with Crippen molar-refractivity contribution in [2.45, 2.75) is 6.42 Å². The number of hydrogen-bond donors (Lipinski definition) is 1. The number of hydrogen-bond acceptors (Lipinski definition) is 4. The SMILES string of the molecule is O=S1(=O)CCC(C(CO)COc2ccc(F)cc2)C1. The van der Waals surface area contributed by atoms with Gasteiger partial charge in [-0.3, -0.25) is 0 Å². The first-order valence-corrected chi connectivity index (χ1v) is 8.02. The predicted molar refractivity (Wildman–Crippen MR) is 69.2 cm³/mol. The molecule has 0 spiro atoms. The van der Waals surface area contributed by atoms with Crippen LogP contribution < -0.4 is 4.74 Å². The van der Waals surface area contributed by atoms with Gasteiger partial charge in [0.2, 0.25) is 0 Å². The molecule has 0 aliphatic carbocycles. The third-order valence-corrected chi connectivity index (χ3v) is 5.24. The first kappa shape index (κ1) is 14.3. The quantitative estimate of drug-likeness (QED) is 0.885. The molecule has 0 amide bonds. The molecule has 1 aromatic rings. The Labute approximate surface area is 112 Å². The van der Waals surface area contributed by atoms with Crippen molar-refractivity contribution in [2.24, 2.45) is 11.8 Å². The van der Waals surface area contributed by atoms with Crippen LogP contribution in [0.2, 0.25) is 0 Å². The van der Waals surface area contributed by atoms with E-state index in [1.807, 2.05) is 0 Å². The third kappa shape index (κ3) is 3.91. The lowest BCUT2D eigenvalue weighted by atomic mass is 9.93. The van der Waals surface area contributed by atoms with E-state index >= 15 is 0 Å². The van der Waals surface area contributed by atoms with E-state index in [4.69, 9.17) is 4.74 Å². The lowest BCUT2D eigenvalue weighted by Gasteiger charge is -2.20. The van der Waals surface area contributed by atoms with Gasteiger partial charge in [0.25, 0.3) is 0 Å². The molecule has 1 aliphatic heterocycles. The zero-order valence-corrected chi connectivity index (χ0v) is 11.3. The van der Waals surface area contributed by atoms with Crippen LogP contribution in [0.15, 0.2) is 24.3 Å². The van der Waals surface area contributed by atoms with Gasteiger partial charge in [-0.15, -0.1) is 0 Å². The number of ether oxygens (including phenoxy) is 1. The van der Waals surface area contributed by atoms with E-state index in [9.17, 15) is 17.9 Å². The minimum atomic E-state index is -2.96. The smallest absolute Gasteiger partial charge is 0.150 e. The number of rotatable bonds is 5. The van der Waals surface area contributed by atoms with Crippen molar-refractivity contribution < 1.29 is 22.7 Å². The van der Waals surface area contributed by atoms with E-state index in [0.717, 1.165) is 0 Å². The molecule has 0 saturated carbocycles. The van der Waals surface area contributed by atoms with Crippen LogP contribution >= 0.6 is 0 Å². The maximum atomic E-state index is 12.7. The van der Waals surface area contributed by atoms with Crippen LogP contribution in [0.5, 0.6) is 5.75 Å². The molecule has 4 nitrogen and oxygen atoms in total. The van der Waals surface area contributed by atoms with Gasteiger partial charge in [0.05, 0.1) is 18.1 Å². The van der Waals surface area contributed by atoms with Crippen LogP contribution in [0.3, 0.4) is 0 Å². The summed E-state index contributed by atoms with van der Waals surface area (Å²) in [5, 5.41) is 9.34. The Hall–Kier alpha value is -1.14. The number of aliphatic hydroxyl groups excluding tert-OH is 1. The zero-order valence-electron chi connectivity index (χ0n) is 10.5. The summed E-state index contributed by atoms with van der Waals surface area (Å²) in [6, 6.07) is 5.61. The lowest BCUT2D eigenvalue weighted by molar-refractivity contribution is 0.126. The minimum Gasteiger partial charge on any atom is -0.493 e. The second kappa shape index (κ2) is 5.88. The molecular weight excluding hydrogens is 271 g/mol. The molecule has 1 heterocycles. The summed E-state index contributed by atoms with van der Waals surface area (Å²) in [4.78, 5) is 0. The normalized spacial score (nSPS) is 23.2. The Bertz CT molecular complexity index is 512. The second-order valence-electron chi connectivity index (χ2n) is 4.87. The maximum absolute atomic E-state index is 12.7. The largest absolute Gasteiger partial charge is 0.493 e. The van der Waals surface area contributed by atoms with E-state index in [0.29, 0.717) is 12.2 Å². The van der Waals surface area contributed by atoms with Gasteiger partial charge in [-0.2, -0.15) is 0 Å². The molecule has 0 aromatic heterocycles. The van der Waals surface area contributed by atoms with Crippen molar-refractivity contribution in [2.75, 3.05) is 24.7 Å². The molecule has 1 aromatic carbocycles. The molecule has 1 N–H and O–H groups in total. The molecule has 0 bridgehead atoms. The van der Waals surface area contributed by atoms with E-state index in [2.05, 4.69) is 0 Å². The molecule has 2 unspecified atom stereocenters. The first-order valence-electron chi connectivity index (χ1n) is 6.20. The summed E-state index contributed by atoms with van der Waals surface area (Å²) < 4.78 is 41.0. The summed E-state index contributed by atoms with van der Waals surface area (Å²) in [7, 11) is -2.96. The van der Waals surface area contributed by atoms with Crippen molar-refractivity contribution in [3.8, 4) is 5.75 Å². The van der Waals surface area contributed by atoms with Crippen molar-refractivity contribution in [1.82, 2.24) is 0 Å². The molecule has 106 valence electrons. The number of aliphatic hydroxyl groups is 1. The monoisotopic (exact) mass is 288 g/mol. The molecule has 1 fully saturated rings. The van der Waals surface area contributed by atoms with Gasteiger partial charge in [-0.05, 0) is 36.6 Å². The molecule has 1 aliphatic rings. The van der Waals surface area contributed by atoms with Crippen molar-refractivity contribution >= 4 is 9.84 Å². The molecule has 2 rings (SSSR count). The Balaban J connectivity index is 1.91. The van der Waals surface area contributed by atoms with Gasteiger partial charge in [-0.1, -0.05) is 0 Å². The van der Waals surface area contributed by atoms with Gasteiger partial charge >= 0.3 is 0 Å². The highest BCUT2D eigenvalue weighted by atomic mass is 32.2. The summed E-state index contributed by atoms with van der Waals surface area (Å²) in [5.74, 6) is 0.210. The van der Waals surface area contributed by atoms with Gasteiger partial charge in [0.1, 0.15) is 11.6 Å². The van der Waals surface area contributed by atoms with E-state index in [-0.39, 0.29) is 42.4 Å². The second-order valence-corrected chi connectivity index (χ2v) is 7.10. The number of benzene rings is 1. The minimum absolute atomic E-state index is 0.0598. The molecule has 1 saturated heterocycles. The fraction of sp³-hybridized carbons (Fsp3) is 0.538. The number of sulfone groups is 1. The van der Waals surface area contributed by atoms with Crippen molar-refractivity contribution in [1.29, 1.82) is 0 Å². The summed E-state index contributed by atoms with van der Waals surface area (Å²) >= 11 is 0. The van der Waals surface area contributed by atoms with Crippen LogP contribution in [0.25, 0.3) is 0 Å². The fourth-order valence-corrected chi connectivity index (χ4v) is 4.19.